The lowest BCUT2D eigenvalue weighted by Crippen LogP contribution is -2.19. The molecule has 0 unspecified atom stereocenters. The molecular weight excluding hydrogens is 290 g/mol. The first-order valence-electron chi connectivity index (χ1n) is 5.82. The second kappa shape index (κ2) is 5.48. The molecule has 0 saturated heterocycles. The topological polar surface area (TPSA) is 29.0 Å². The van der Waals surface area contributed by atoms with Crippen molar-refractivity contribution in [2.24, 2.45) is 0 Å². The Morgan fingerprint density at radius 2 is 2.06 bits per heavy atom. The molecule has 2 heterocycles. The van der Waals surface area contributed by atoms with E-state index in [1.54, 1.807) is 0 Å². The van der Waals surface area contributed by atoms with Crippen LogP contribution in [-0.4, -0.2) is 17.0 Å². The molecule has 0 radical (unpaired) electrons. The van der Waals surface area contributed by atoms with Crippen molar-refractivity contribution in [2.75, 3.05) is 11.9 Å². The summed E-state index contributed by atoms with van der Waals surface area (Å²) in [5.74, 6) is 0.934. The fourth-order valence-electron chi connectivity index (χ4n) is 1.81. The molecule has 0 bridgehead atoms. The van der Waals surface area contributed by atoms with Crippen molar-refractivity contribution in [3.63, 3.8) is 0 Å². The van der Waals surface area contributed by atoms with Gasteiger partial charge in [0.25, 0.3) is 0 Å². The van der Waals surface area contributed by atoms with E-state index in [1.807, 2.05) is 45.3 Å². The molecule has 4 heteroatoms. The van der Waals surface area contributed by atoms with Gasteiger partial charge in [-0.05, 0) is 53.5 Å². The summed E-state index contributed by atoms with van der Waals surface area (Å²) in [4.78, 5) is 11.0. The van der Waals surface area contributed by atoms with E-state index in [0.29, 0.717) is 0 Å². The van der Waals surface area contributed by atoms with Gasteiger partial charge in [-0.2, -0.15) is 0 Å². The van der Waals surface area contributed by atoms with Crippen molar-refractivity contribution in [2.45, 2.75) is 20.4 Å². The highest BCUT2D eigenvalue weighted by atomic mass is 79.9. The second-order valence-corrected chi connectivity index (χ2v) is 5.30. The predicted octanol–water partition coefficient (Wildman–Crippen LogP) is 3.49. The number of nitrogens with zero attached hydrogens (tertiary/aromatic N) is 3. The van der Waals surface area contributed by atoms with Crippen LogP contribution >= 0.6 is 15.9 Å². The van der Waals surface area contributed by atoms with Crippen molar-refractivity contribution in [3.8, 4) is 0 Å². The maximum Gasteiger partial charge on any atom is 0.142 e. The van der Waals surface area contributed by atoms with Crippen molar-refractivity contribution in [1.29, 1.82) is 0 Å². The van der Waals surface area contributed by atoms with E-state index in [4.69, 9.17) is 0 Å². The first-order chi connectivity index (χ1) is 8.56. The van der Waals surface area contributed by atoms with Gasteiger partial charge in [0.2, 0.25) is 0 Å². The Kier molecular flexibility index (Phi) is 3.97. The zero-order valence-corrected chi connectivity index (χ0v) is 12.4. The van der Waals surface area contributed by atoms with Crippen molar-refractivity contribution in [1.82, 2.24) is 9.97 Å². The summed E-state index contributed by atoms with van der Waals surface area (Å²) in [5.41, 5.74) is 3.23. The Labute approximate surface area is 116 Å². The summed E-state index contributed by atoms with van der Waals surface area (Å²) in [6.45, 7) is 4.78. The van der Waals surface area contributed by atoms with Crippen LogP contribution in [-0.2, 0) is 6.54 Å². The van der Waals surface area contributed by atoms with Crippen molar-refractivity contribution < 1.29 is 0 Å². The Hall–Kier alpha value is -1.42. The summed E-state index contributed by atoms with van der Waals surface area (Å²) >= 11 is 3.55. The van der Waals surface area contributed by atoms with Crippen LogP contribution in [0.1, 0.15) is 17.0 Å². The van der Waals surface area contributed by atoms with Crippen LogP contribution in [0, 0.1) is 13.8 Å². The van der Waals surface area contributed by atoms with Crippen molar-refractivity contribution in [3.05, 3.63) is 51.9 Å². The molecule has 0 atom stereocenters. The lowest BCUT2D eigenvalue weighted by molar-refractivity contribution is 0.855. The van der Waals surface area contributed by atoms with Gasteiger partial charge in [0, 0.05) is 18.9 Å². The molecule has 0 spiro atoms. The number of halogens is 1. The average molecular weight is 306 g/mol. The van der Waals surface area contributed by atoms with Gasteiger partial charge >= 0.3 is 0 Å². The number of hydrogen-bond acceptors (Lipinski definition) is 3. The van der Waals surface area contributed by atoms with Gasteiger partial charge in [-0.1, -0.05) is 6.07 Å². The summed E-state index contributed by atoms with van der Waals surface area (Å²) in [6, 6.07) is 8.14. The second-order valence-electron chi connectivity index (χ2n) is 4.44. The van der Waals surface area contributed by atoms with Crippen LogP contribution < -0.4 is 4.90 Å². The molecule has 2 rings (SSSR count). The van der Waals surface area contributed by atoms with Gasteiger partial charge in [-0.15, -0.1) is 0 Å². The third kappa shape index (κ3) is 3.07. The van der Waals surface area contributed by atoms with Gasteiger partial charge in [0.1, 0.15) is 5.82 Å². The number of aromatic nitrogens is 2. The predicted molar refractivity (Wildman–Crippen MR) is 77.8 cm³/mol. The quantitative estimate of drug-likeness (QED) is 0.869. The van der Waals surface area contributed by atoms with Crippen LogP contribution in [0.25, 0.3) is 0 Å². The van der Waals surface area contributed by atoms with E-state index in [0.717, 1.165) is 33.8 Å². The minimum Gasteiger partial charge on any atom is -0.353 e. The van der Waals surface area contributed by atoms with Gasteiger partial charge in [0.15, 0.2) is 0 Å². The SMILES string of the molecule is Cc1cnc(N(C)Cc2cccc(C)n2)c(Br)c1. The van der Waals surface area contributed by atoms with E-state index in [1.165, 1.54) is 0 Å². The number of aryl methyl sites for hydroxylation is 2. The van der Waals surface area contributed by atoms with Gasteiger partial charge < -0.3 is 4.90 Å². The molecule has 18 heavy (non-hydrogen) atoms. The van der Waals surface area contributed by atoms with E-state index in [9.17, 15) is 0 Å². The monoisotopic (exact) mass is 305 g/mol. The molecule has 0 fully saturated rings. The maximum atomic E-state index is 4.50. The smallest absolute Gasteiger partial charge is 0.142 e. The Morgan fingerprint density at radius 1 is 1.28 bits per heavy atom. The zero-order chi connectivity index (χ0) is 13.1. The molecule has 3 nitrogen and oxygen atoms in total. The lowest BCUT2D eigenvalue weighted by atomic mass is 10.3. The first-order valence-corrected chi connectivity index (χ1v) is 6.61. The van der Waals surface area contributed by atoms with Crippen LogP contribution in [0.3, 0.4) is 0 Å². The molecule has 2 aromatic heterocycles. The van der Waals surface area contributed by atoms with Crippen LogP contribution in [0.15, 0.2) is 34.9 Å². The lowest BCUT2D eigenvalue weighted by Gasteiger charge is -2.19. The highest BCUT2D eigenvalue weighted by molar-refractivity contribution is 9.10. The highest BCUT2D eigenvalue weighted by Crippen LogP contribution is 2.24. The number of anilines is 1. The Bertz CT molecular complexity index is 554. The first kappa shape index (κ1) is 13.0. The Balaban J connectivity index is 2.19. The van der Waals surface area contributed by atoms with Gasteiger partial charge in [0.05, 0.1) is 16.7 Å². The van der Waals surface area contributed by atoms with Crippen molar-refractivity contribution >= 4 is 21.7 Å². The summed E-state index contributed by atoms with van der Waals surface area (Å²) < 4.78 is 1.01. The summed E-state index contributed by atoms with van der Waals surface area (Å²) in [7, 11) is 2.02. The summed E-state index contributed by atoms with van der Waals surface area (Å²) in [5, 5.41) is 0. The fraction of sp³-hybridized carbons (Fsp3) is 0.286. The molecule has 0 aliphatic carbocycles. The summed E-state index contributed by atoms with van der Waals surface area (Å²) in [6.07, 6.45) is 1.88. The third-order valence-corrected chi connectivity index (χ3v) is 3.25. The zero-order valence-electron chi connectivity index (χ0n) is 10.8. The number of pyridine rings is 2. The molecule has 2 aromatic rings. The van der Waals surface area contributed by atoms with Crippen LogP contribution in [0.2, 0.25) is 0 Å². The molecule has 0 aromatic carbocycles. The average Bonchev–Trinajstić information content (AvgIpc) is 2.28. The molecule has 0 N–H and O–H groups in total. The van der Waals surface area contributed by atoms with E-state index in [2.05, 4.69) is 36.9 Å². The molecule has 94 valence electrons. The molecule has 0 saturated carbocycles. The van der Waals surface area contributed by atoms with E-state index < -0.39 is 0 Å². The van der Waals surface area contributed by atoms with Crippen LogP contribution in [0.4, 0.5) is 5.82 Å². The highest BCUT2D eigenvalue weighted by Gasteiger charge is 2.08. The third-order valence-electron chi connectivity index (χ3n) is 2.67. The molecule has 0 aliphatic rings. The molecule has 0 aliphatic heterocycles. The Morgan fingerprint density at radius 3 is 2.72 bits per heavy atom. The molecular formula is C14H16BrN3. The molecule has 0 amide bonds. The van der Waals surface area contributed by atoms with Gasteiger partial charge in [-0.25, -0.2) is 4.98 Å². The van der Waals surface area contributed by atoms with Gasteiger partial charge in [-0.3, -0.25) is 4.98 Å². The maximum absolute atomic E-state index is 4.50. The normalized spacial score (nSPS) is 10.4. The minimum absolute atomic E-state index is 0.746. The standard InChI is InChI=1S/C14H16BrN3/c1-10-7-13(15)14(16-8-10)18(3)9-12-6-4-5-11(2)17-12/h4-8H,9H2,1-3H3. The van der Waals surface area contributed by atoms with E-state index in [-0.39, 0.29) is 0 Å². The van der Waals surface area contributed by atoms with Crippen LogP contribution in [0.5, 0.6) is 0 Å². The number of hydrogen-bond donors (Lipinski definition) is 0. The minimum atomic E-state index is 0.746. The number of rotatable bonds is 3. The fourth-order valence-corrected chi connectivity index (χ4v) is 2.58. The largest absolute Gasteiger partial charge is 0.353 e. The van der Waals surface area contributed by atoms with E-state index >= 15 is 0 Å².